The Bertz CT molecular complexity index is 849. The second-order valence-corrected chi connectivity index (χ2v) is 9.14. The molecule has 0 aliphatic carbocycles. The molecular formula is C18H21N3O3S2. The molecule has 26 heavy (non-hydrogen) atoms. The number of piperidine rings is 1. The molecule has 2 aromatic heterocycles. The lowest BCUT2D eigenvalue weighted by atomic mass is 9.98. The molecule has 0 radical (unpaired) electrons. The largest absolute Gasteiger partial charge is 0.339 e. The maximum Gasteiger partial charge on any atom is 0.250 e. The normalized spacial score (nSPS) is 18.3. The van der Waals surface area contributed by atoms with E-state index in [1.54, 1.807) is 47.0 Å². The van der Waals surface area contributed by atoms with Crippen LogP contribution < -0.4 is 4.72 Å². The van der Waals surface area contributed by atoms with Gasteiger partial charge < -0.3 is 4.90 Å². The Kier molecular flexibility index (Phi) is 6.18. The number of hydrogen-bond acceptors (Lipinski definition) is 5. The molecule has 1 N–H and O–H groups in total. The van der Waals surface area contributed by atoms with Gasteiger partial charge in [-0.1, -0.05) is 12.1 Å². The number of amides is 1. The fraction of sp³-hybridized carbons (Fsp3) is 0.333. The second-order valence-electron chi connectivity index (χ2n) is 6.20. The lowest BCUT2D eigenvalue weighted by molar-refractivity contribution is -0.127. The minimum absolute atomic E-state index is 0.0559. The molecule has 1 aliphatic heterocycles. The maximum atomic E-state index is 12.4. The highest BCUT2D eigenvalue weighted by Gasteiger charge is 2.24. The van der Waals surface area contributed by atoms with E-state index in [-0.39, 0.29) is 11.8 Å². The van der Waals surface area contributed by atoms with Crippen LogP contribution in [-0.2, 0) is 14.8 Å². The Hall–Kier alpha value is -2.03. The molecule has 2 aromatic rings. The van der Waals surface area contributed by atoms with Crippen LogP contribution in [0.2, 0.25) is 0 Å². The summed E-state index contributed by atoms with van der Waals surface area (Å²) >= 11 is 1.20. The Labute approximate surface area is 157 Å². The summed E-state index contributed by atoms with van der Waals surface area (Å²) in [6.45, 7) is 1.60. The van der Waals surface area contributed by atoms with E-state index in [1.165, 1.54) is 11.3 Å². The number of pyridine rings is 1. The number of likely N-dealkylation sites (tertiary alicyclic amines) is 1. The van der Waals surface area contributed by atoms with Crippen LogP contribution in [0, 0.1) is 5.92 Å². The van der Waals surface area contributed by atoms with Crippen molar-refractivity contribution in [2.75, 3.05) is 19.6 Å². The average molecular weight is 392 g/mol. The third kappa shape index (κ3) is 5.00. The van der Waals surface area contributed by atoms with Crippen LogP contribution in [0.25, 0.3) is 6.08 Å². The number of hydrogen-bond donors (Lipinski definition) is 1. The molecule has 138 valence electrons. The minimum Gasteiger partial charge on any atom is -0.339 e. The van der Waals surface area contributed by atoms with Crippen molar-refractivity contribution >= 4 is 33.3 Å². The molecule has 1 atom stereocenters. The van der Waals surface area contributed by atoms with Crippen LogP contribution in [0.4, 0.5) is 0 Å². The van der Waals surface area contributed by atoms with Gasteiger partial charge in [0.05, 0.1) is 0 Å². The predicted octanol–water partition coefficient (Wildman–Crippen LogP) is 2.37. The monoisotopic (exact) mass is 391 g/mol. The summed E-state index contributed by atoms with van der Waals surface area (Å²) in [7, 11) is -3.46. The van der Waals surface area contributed by atoms with E-state index in [4.69, 9.17) is 0 Å². The summed E-state index contributed by atoms with van der Waals surface area (Å²) in [5, 5.41) is 1.74. The van der Waals surface area contributed by atoms with Gasteiger partial charge >= 0.3 is 0 Å². The predicted molar refractivity (Wildman–Crippen MR) is 102 cm³/mol. The van der Waals surface area contributed by atoms with Crippen molar-refractivity contribution < 1.29 is 13.2 Å². The van der Waals surface area contributed by atoms with E-state index >= 15 is 0 Å². The molecule has 1 aliphatic rings. The van der Waals surface area contributed by atoms with Crippen LogP contribution >= 0.6 is 11.3 Å². The van der Waals surface area contributed by atoms with Crippen molar-refractivity contribution in [2.45, 2.75) is 17.1 Å². The van der Waals surface area contributed by atoms with Gasteiger partial charge in [0, 0.05) is 38.1 Å². The molecule has 1 saturated heterocycles. The van der Waals surface area contributed by atoms with Crippen molar-refractivity contribution in [3.8, 4) is 0 Å². The Morgan fingerprint density at radius 3 is 3.00 bits per heavy atom. The standard InChI is InChI=1S/C18H21N3O3S2/c22-17(8-7-15-4-1-9-19-12-15)21-10-2-5-16(14-21)13-20-26(23,24)18-6-3-11-25-18/h1,3-4,6-9,11-12,16,20H,2,5,10,13-14H2/b8-7+/t16-/m0/s1. The van der Waals surface area contributed by atoms with E-state index in [9.17, 15) is 13.2 Å². The summed E-state index contributed by atoms with van der Waals surface area (Å²) in [5.41, 5.74) is 0.873. The highest BCUT2D eigenvalue weighted by Crippen LogP contribution is 2.19. The molecule has 0 unspecified atom stereocenters. The van der Waals surface area contributed by atoms with Crippen LogP contribution in [0.3, 0.4) is 0 Å². The zero-order chi connectivity index (χ0) is 18.4. The van der Waals surface area contributed by atoms with Crippen molar-refractivity contribution in [3.05, 3.63) is 53.7 Å². The molecule has 1 fully saturated rings. The van der Waals surface area contributed by atoms with Gasteiger partial charge in [-0.15, -0.1) is 11.3 Å². The molecule has 6 nitrogen and oxygen atoms in total. The highest BCUT2D eigenvalue weighted by molar-refractivity contribution is 7.91. The average Bonchev–Trinajstić information content (AvgIpc) is 3.21. The maximum absolute atomic E-state index is 12.4. The first-order valence-electron chi connectivity index (χ1n) is 8.45. The smallest absolute Gasteiger partial charge is 0.250 e. The molecule has 8 heteroatoms. The lowest BCUT2D eigenvalue weighted by Gasteiger charge is -2.32. The zero-order valence-electron chi connectivity index (χ0n) is 14.2. The summed E-state index contributed by atoms with van der Waals surface area (Å²) < 4.78 is 27.4. The second kappa shape index (κ2) is 8.57. The van der Waals surface area contributed by atoms with Gasteiger partial charge in [0.15, 0.2) is 0 Å². The Morgan fingerprint density at radius 2 is 2.27 bits per heavy atom. The summed E-state index contributed by atoms with van der Waals surface area (Å²) in [4.78, 5) is 18.2. The van der Waals surface area contributed by atoms with Gasteiger partial charge in [-0.3, -0.25) is 9.78 Å². The number of rotatable bonds is 6. The molecule has 0 bridgehead atoms. The topological polar surface area (TPSA) is 79.4 Å². The van der Waals surface area contributed by atoms with Gasteiger partial charge in [-0.05, 0) is 47.9 Å². The van der Waals surface area contributed by atoms with E-state index < -0.39 is 10.0 Å². The summed E-state index contributed by atoms with van der Waals surface area (Å²) in [5.74, 6) is 0.0638. The molecule has 0 spiro atoms. The fourth-order valence-corrected chi connectivity index (χ4v) is 5.05. The van der Waals surface area contributed by atoms with Crippen molar-refractivity contribution in [1.29, 1.82) is 0 Å². The van der Waals surface area contributed by atoms with E-state index in [0.29, 0.717) is 23.8 Å². The van der Waals surface area contributed by atoms with Gasteiger partial charge in [-0.2, -0.15) is 0 Å². The number of nitrogens with one attached hydrogen (secondary N) is 1. The highest BCUT2D eigenvalue weighted by atomic mass is 32.2. The van der Waals surface area contributed by atoms with Gasteiger partial charge in [0.2, 0.25) is 15.9 Å². The quantitative estimate of drug-likeness (QED) is 0.767. The third-order valence-corrected chi connectivity index (χ3v) is 7.08. The van der Waals surface area contributed by atoms with Gasteiger partial charge in [0.25, 0.3) is 0 Å². The van der Waals surface area contributed by atoms with Crippen LogP contribution in [0.5, 0.6) is 0 Å². The van der Waals surface area contributed by atoms with Crippen LogP contribution in [0.1, 0.15) is 18.4 Å². The first kappa shape index (κ1) is 18.8. The molecule has 1 amide bonds. The number of carbonyl (C=O) groups excluding carboxylic acids is 1. The molecule has 3 heterocycles. The first-order valence-corrected chi connectivity index (χ1v) is 10.8. The third-order valence-electron chi connectivity index (χ3n) is 4.26. The Balaban J connectivity index is 1.54. The number of sulfonamides is 1. The lowest BCUT2D eigenvalue weighted by Crippen LogP contribution is -2.43. The number of thiophene rings is 1. The van der Waals surface area contributed by atoms with Crippen molar-refractivity contribution in [2.24, 2.45) is 5.92 Å². The number of nitrogens with zero attached hydrogens (tertiary/aromatic N) is 2. The molecule has 3 rings (SSSR count). The zero-order valence-corrected chi connectivity index (χ0v) is 15.9. The number of aromatic nitrogens is 1. The van der Waals surface area contributed by atoms with Crippen LogP contribution in [0.15, 0.2) is 52.3 Å². The van der Waals surface area contributed by atoms with E-state index in [1.807, 2.05) is 12.1 Å². The van der Waals surface area contributed by atoms with Gasteiger partial charge in [0.1, 0.15) is 4.21 Å². The van der Waals surface area contributed by atoms with E-state index in [0.717, 1.165) is 18.4 Å². The van der Waals surface area contributed by atoms with Gasteiger partial charge in [-0.25, -0.2) is 13.1 Å². The molecular weight excluding hydrogens is 370 g/mol. The Morgan fingerprint density at radius 1 is 1.38 bits per heavy atom. The summed E-state index contributed by atoms with van der Waals surface area (Å²) in [6.07, 6.45) is 8.46. The fourth-order valence-electron chi connectivity index (χ4n) is 2.89. The molecule has 0 saturated carbocycles. The van der Waals surface area contributed by atoms with E-state index in [2.05, 4.69) is 9.71 Å². The summed E-state index contributed by atoms with van der Waals surface area (Å²) in [6, 6.07) is 7.01. The number of carbonyl (C=O) groups is 1. The molecule has 0 aromatic carbocycles. The van der Waals surface area contributed by atoms with Crippen molar-refractivity contribution in [1.82, 2.24) is 14.6 Å². The minimum atomic E-state index is -3.46. The first-order chi connectivity index (χ1) is 12.5. The van der Waals surface area contributed by atoms with Crippen LogP contribution in [-0.4, -0.2) is 43.8 Å². The SMILES string of the molecule is O=C(/C=C/c1cccnc1)N1CCC[C@@H](CNS(=O)(=O)c2cccs2)C1. The van der Waals surface area contributed by atoms with Crippen molar-refractivity contribution in [3.63, 3.8) is 0 Å².